The maximum Gasteiger partial charge on any atom is 0.261 e. The van der Waals surface area contributed by atoms with Gasteiger partial charge >= 0.3 is 0 Å². The van der Waals surface area contributed by atoms with Crippen LogP contribution in [0.1, 0.15) is 35.4 Å². The lowest BCUT2D eigenvalue weighted by atomic mass is 9.77. The van der Waals surface area contributed by atoms with Crippen molar-refractivity contribution >= 4 is 27.3 Å². The van der Waals surface area contributed by atoms with Crippen LogP contribution in [0.25, 0.3) is 10.1 Å². The van der Waals surface area contributed by atoms with Crippen LogP contribution in [0.4, 0.5) is 0 Å². The standard InChI is InChI=1S/C17H19N3OS/c21-16(13-9-12-1-6-18-10-14(12)22-13)19-15-11-2-7-20(8-3-11)17(15)4-5-17/h1,6,9-11,15H,2-5,7-8H2,(H,19,21). The summed E-state index contributed by atoms with van der Waals surface area (Å²) >= 11 is 1.55. The summed E-state index contributed by atoms with van der Waals surface area (Å²) in [6.45, 7) is 2.46. The van der Waals surface area contributed by atoms with Gasteiger partial charge in [0.05, 0.1) is 15.6 Å². The van der Waals surface area contributed by atoms with Crippen molar-refractivity contribution in [3.63, 3.8) is 0 Å². The molecule has 1 aliphatic carbocycles. The van der Waals surface area contributed by atoms with Crippen molar-refractivity contribution in [1.29, 1.82) is 0 Å². The monoisotopic (exact) mass is 313 g/mol. The van der Waals surface area contributed by atoms with Crippen LogP contribution in [0.2, 0.25) is 0 Å². The normalized spacial score (nSPS) is 31.5. The van der Waals surface area contributed by atoms with Crippen LogP contribution in [0.5, 0.6) is 0 Å². The van der Waals surface area contributed by atoms with Gasteiger partial charge in [-0.3, -0.25) is 14.7 Å². The Balaban J connectivity index is 1.42. The molecule has 4 nitrogen and oxygen atoms in total. The molecule has 1 unspecified atom stereocenters. The van der Waals surface area contributed by atoms with Crippen molar-refractivity contribution in [1.82, 2.24) is 15.2 Å². The minimum Gasteiger partial charge on any atom is -0.346 e. The molecule has 22 heavy (non-hydrogen) atoms. The quantitative estimate of drug-likeness (QED) is 0.927. The van der Waals surface area contributed by atoms with Crippen LogP contribution < -0.4 is 5.32 Å². The SMILES string of the molecule is O=C(NC1C2CCN(CC2)C12CC2)c1cc2ccncc2s1. The maximum absolute atomic E-state index is 12.7. The van der Waals surface area contributed by atoms with E-state index in [9.17, 15) is 4.79 Å². The average molecular weight is 313 g/mol. The Kier molecular flexibility index (Phi) is 2.68. The maximum atomic E-state index is 12.7. The van der Waals surface area contributed by atoms with Crippen molar-refractivity contribution in [2.75, 3.05) is 13.1 Å². The molecule has 1 saturated carbocycles. The fourth-order valence-electron chi connectivity index (χ4n) is 4.53. The predicted octanol–water partition coefficient (Wildman–Crippen LogP) is 2.65. The van der Waals surface area contributed by atoms with E-state index >= 15 is 0 Å². The summed E-state index contributed by atoms with van der Waals surface area (Å²) in [6, 6.07) is 4.32. The van der Waals surface area contributed by atoms with Crippen LogP contribution in [-0.2, 0) is 0 Å². The minimum absolute atomic E-state index is 0.103. The van der Waals surface area contributed by atoms with Gasteiger partial charge in [-0.15, -0.1) is 11.3 Å². The number of amides is 1. The van der Waals surface area contributed by atoms with E-state index in [0.717, 1.165) is 15.0 Å². The molecule has 3 aliphatic heterocycles. The van der Waals surface area contributed by atoms with E-state index in [4.69, 9.17) is 0 Å². The van der Waals surface area contributed by atoms with Crippen LogP contribution in [0, 0.1) is 5.92 Å². The Morgan fingerprint density at radius 3 is 2.91 bits per heavy atom. The number of thiophene rings is 1. The van der Waals surface area contributed by atoms with Gasteiger partial charge < -0.3 is 5.32 Å². The summed E-state index contributed by atoms with van der Waals surface area (Å²) < 4.78 is 1.09. The molecule has 2 aromatic rings. The van der Waals surface area contributed by atoms with E-state index in [2.05, 4.69) is 15.2 Å². The molecule has 1 atom stereocenters. The second kappa shape index (κ2) is 4.52. The number of pyridine rings is 1. The highest BCUT2D eigenvalue weighted by atomic mass is 32.1. The van der Waals surface area contributed by atoms with E-state index in [1.54, 1.807) is 17.5 Å². The van der Waals surface area contributed by atoms with Gasteiger partial charge in [-0.05, 0) is 62.2 Å². The summed E-state index contributed by atoms with van der Waals surface area (Å²) in [7, 11) is 0. The fraction of sp³-hybridized carbons (Fsp3) is 0.529. The first-order valence-corrected chi connectivity index (χ1v) is 8.97. The Morgan fingerprint density at radius 2 is 2.18 bits per heavy atom. The number of piperidine rings is 3. The van der Waals surface area contributed by atoms with Gasteiger partial charge in [-0.25, -0.2) is 0 Å². The van der Waals surface area contributed by atoms with Crippen molar-refractivity contribution in [3.8, 4) is 0 Å². The van der Waals surface area contributed by atoms with Crippen molar-refractivity contribution in [3.05, 3.63) is 29.4 Å². The van der Waals surface area contributed by atoms with E-state index in [0.29, 0.717) is 17.5 Å². The first-order chi connectivity index (χ1) is 10.8. The van der Waals surface area contributed by atoms with Crippen LogP contribution in [0.3, 0.4) is 0 Å². The molecule has 4 fully saturated rings. The second-order valence-corrected chi connectivity index (χ2v) is 7.99. The molecular formula is C17H19N3OS. The minimum atomic E-state index is 0.103. The number of hydrogen-bond acceptors (Lipinski definition) is 4. The zero-order valence-electron chi connectivity index (χ0n) is 12.4. The van der Waals surface area contributed by atoms with Gasteiger partial charge in [0.2, 0.25) is 0 Å². The van der Waals surface area contributed by atoms with Crippen molar-refractivity contribution in [2.24, 2.45) is 5.92 Å². The zero-order valence-corrected chi connectivity index (χ0v) is 13.2. The number of carbonyl (C=O) groups is 1. The number of carbonyl (C=O) groups excluding carboxylic acids is 1. The molecule has 6 rings (SSSR count). The molecule has 1 amide bonds. The first-order valence-electron chi connectivity index (χ1n) is 8.16. The lowest BCUT2D eigenvalue weighted by molar-refractivity contribution is -0.00138. The van der Waals surface area contributed by atoms with Crippen molar-refractivity contribution < 1.29 is 4.79 Å². The van der Waals surface area contributed by atoms with E-state index in [1.165, 1.54) is 38.8 Å². The summed E-state index contributed by atoms with van der Waals surface area (Å²) in [6.07, 6.45) is 8.61. The molecule has 1 spiro atoms. The number of rotatable bonds is 2. The van der Waals surface area contributed by atoms with Crippen LogP contribution in [-0.4, -0.2) is 40.5 Å². The first kappa shape index (κ1) is 13.0. The molecule has 5 heteroatoms. The van der Waals surface area contributed by atoms with E-state index < -0.39 is 0 Å². The van der Waals surface area contributed by atoms with Gasteiger partial charge in [0.15, 0.2) is 0 Å². The molecule has 2 aromatic heterocycles. The highest BCUT2D eigenvalue weighted by Gasteiger charge is 2.60. The fourth-order valence-corrected chi connectivity index (χ4v) is 5.46. The lowest BCUT2D eigenvalue weighted by Gasteiger charge is -2.52. The van der Waals surface area contributed by atoms with Crippen LogP contribution >= 0.6 is 11.3 Å². The topological polar surface area (TPSA) is 45.2 Å². The molecule has 5 heterocycles. The molecule has 4 aliphatic rings. The average Bonchev–Trinajstić information content (AvgIpc) is 3.20. The van der Waals surface area contributed by atoms with Crippen LogP contribution in [0.15, 0.2) is 24.5 Å². The third kappa shape index (κ3) is 1.78. The number of nitrogens with one attached hydrogen (secondary N) is 1. The third-order valence-electron chi connectivity index (χ3n) is 5.82. The molecular weight excluding hydrogens is 294 g/mol. The lowest BCUT2D eigenvalue weighted by Crippen LogP contribution is -2.65. The van der Waals surface area contributed by atoms with Gasteiger partial charge in [-0.1, -0.05) is 0 Å². The summed E-state index contributed by atoms with van der Waals surface area (Å²) in [5.41, 5.74) is 0.301. The zero-order chi connectivity index (χ0) is 14.7. The predicted molar refractivity (Wildman–Crippen MR) is 87.1 cm³/mol. The summed E-state index contributed by atoms with van der Waals surface area (Å²) in [5.74, 6) is 0.777. The number of aromatic nitrogens is 1. The number of nitrogens with zero attached hydrogens (tertiary/aromatic N) is 2. The number of fused-ring (bicyclic) bond motifs is 3. The van der Waals surface area contributed by atoms with E-state index in [-0.39, 0.29) is 5.91 Å². The third-order valence-corrected chi connectivity index (χ3v) is 6.90. The molecule has 114 valence electrons. The van der Waals surface area contributed by atoms with Gasteiger partial charge in [0.25, 0.3) is 5.91 Å². The molecule has 0 aromatic carbocycles. The number of hydrogen-bond donors (Lipinski definition) is 1. The Bertz CT molecular complexity index is 710. The van der Waals surface area contributed by atoms with Crippen molar-refractivity contribution in [2.45, 2.75) is 37.3 Å². The smallest absolute Gasteiger partial charge is 0.261 e. The molecule has 0 radical (unpaired) electrons. The van der Waals surface area contributed by atoms with E-state index in [1.807, 2.05) is 18.3 Å². The largest absolute Gasteiger partial charge is 0.346 e. The van der Waals surface area contributed by atoms with Gasteiger partial charge in [-0.2, -0.15) is 0 Å². The summed E-state index contributed by atoms with van der Waals surface area (Å²) in [4.78, 5) is 20.3. The van der Waals surface area contributed by atoms with Gasteiger partial charge in [0.1, 0.15) is 0 Å². The second-order valence-electron chi connectivity index (χ2n) is 6.90. The Labute approximate surface area is 133 Å². The summed E-state index contributed by atoms with van der Waals surface area (Å²) in [5, 5.41) is 4.50. The molecule has 3 saturated heterocycles. The Morgan fingerprint density at radius 1 is 1.36 bits per heavy atom. The highest BCUT2D eigenvalue weighted by Crippen LogP contribution is 2.53. The highest BCUT2D eigenvalue weighted by molar-refractivity contribution is 7.20. The molecule has 1 N–H and O–H groups in total. The Hall–Kier alpha value is -1.46. The van der Waals surface area contributed by atoms with Gasteiger partial charge in [0, 0.05) is 17.9 Å². The molecule has 2 bridgehead atoms.